The minimum absolute atomic E-state index is 0.0203. The van der Waals surface area contributed by atoms with E-state index in [-0.39, 0.29) is 28.1 Å². The number of rotatable bonds is 5. The highest BCUT2D eigenvalue weighted by atomic mass is 79.9. The summed E-state index contributed by atoms with van der Waals surface area (Å²) >= 11 is 2.91. The Kier molecular flexibility index (Phi) is 5.09. The van der Waals surface area contributed by atoms with Gasteiger partial charge < -0.3 is 10.8 Å². The molecule has 18 heavy (non-hydrogen) atoms. The first kappa shape index (κ1) is 15.4. The van der Waals surface area contributed by atoms with Gasteiger partial charge in [-0.25, -0.2) is 17.5 Å². The first-order valence-corrected chi connectivity index (χ1v) is 7.43. The van der Waals surface area contributed by atoms with E-state index in [0.717, 1.165) is 12.1 Å². The van der Waals surface area contributed by atoms with Gasteiger partial charge in [-0.05, 0) is 41.4 Å². The van der Waals surface area contributed by atoms with Gasteiger partial charge in [-0.1, -0.05) is 0 Å². The van der Waals surface area contributed by atoms with Crippen LogP contribution in [0.5, 0.6) is 0 Å². The monoisotopic (exact) mass is 340 g/mol. The van der Waals surface area contributed by atoms with Gasteiger partial charge in [0.05, 0.1) is 10.2 Å². The SMILES string of the molecule is CC(CCO)NS(=O)(=O)c1cc(Br)c(F)cc1N. The normalized spacial score (nSPS) is 13.6. The summed E-state index contributed by atoms with van der Waals surface area (Å²) < 4.78 is 39.5. The van der Waals surface area contributed by atoms with Gasteiger partial charge >= 0.3 is 0 Å². The molecule has 1 unspecified atom stereocenters. The first-order valence-electron chi connectivity index (χ1n) is 5.15. The molecule has 1 aromatic carbocycles. The second-order valence-corrected chi connectivity index (χ2v) is 6.38. The third-order valence-corrected chi connectivity index (χ3v) is 4.51. The maximum Gasteiger partial charge on any atom is 0.242 e. The summed E-state index contributed by atoms with van der Waals surface area (Å²) in [5.41, 5.74) is 5.33. The van der Waals surface area contributed by atoms with Crippen LogP contribution >= 0.6 is 15.9 Å². The fourth-order valence-electron chi connectivity index (χ4n) is 1.36. The Morgan fingerprint density at radius 1 is 1.56 bits per heavy atom. The number of hydrogen-bond donors (Lipinski definition) is 3. The van der Waals surface area contributed by atoms with Gasteiger partial charge in [-0.15, -0.1) is 0 Å². The van der Waals surface area contributed by atoms with Crippen molar-refractivity contribution in [3.63, 3.8) is 0 Å². The molecule has 0 saturated heterocycles. The molecule has 0 aromatic heterocycles. The smallest absolute Gasteiger partial charge is 0.242 e. The van der Waals surface area contributed by atoms with Crippen molar-refractivity contribution in [3.8, 4) is 0 Å². The molecular formula is C10H14BrFN2O3S. The van der Waals surface area contributed by atoms with E-state index < -0.39 is 21.9 Å². The molecule has 0 heterocycles. The van der Waals surface area contributed by atoms with Crippen molar-refractivity contribution in [2.24, 2.45) is 0 Å². The van der Waals surface area contributed by atoms with Crippen LogP contribution in [0.3, 0.4) is 0 Å². The zero-order chi connectivity index (χ0) is 13.9. The van der Waals surface area contributed by atoms with Crippen LogP contribution in [0.4, 0.5) is 10.1 Å². The second kappa shape index (κ2) is 5.96. The summed E-state index contributed by atoms with van der Waals surface area (Å²) in [6.07, 6.45) is 0.279. The van der Waals surface area contributed by atoms with E-state index in [1.807, 2.05) is 0 Å². The van der Waals surface area contributed by atoms with E-state index >= 15 is 0 Å². The third kappa shape index (κ3) is 3.64. The maximum absolute atomic E-state index is 13.2. The molecule has 5 nitrogen and oxygen atoms in total. The van der Waals surface area contributed by atoms with E-state index in [9.17, 15) is 12.8 Å². The van der Waals surface area contributed by atoms with Crippen LogP contribution in [0.25, 0.3) is 0 Å². The van der Waals surface area contributed by atoms with E-state index in [1.165, 1.54) is 0 Å². The predicted octanol–water partition coefficient (Wildman–Crippen LogP) is 1.22. The van der Waals surface area contributed by atoms with E-state index in [4.69, 9.17) is 10.8 Å². The van der Waals surface area contributed by atoms with Crippen LogP contribution in [0.1, 0.15) is 13.3 Å². The Balaban J connectivity index is 3.09. The number of nitrogens with one attached hydrogen (secondary N) is 1. The zero-order valence-corrected chi connectivity index (χ0v) is 12.1. The Bertz CT molecular complexity index is 536. The summed E-state index contributed by atoms with van der Waals surface area (Å²) in [6.45, 7) is 1.48. The minimum Gasteiger partial charge on any atom is -0.398 e. The zero-order valence-electron chi connectivity index (χ0n) is 9.65. The molecule has 0 aliphatic rings. The van der Waals surface area contributed by atoms with Crippen LogP contribution in [0, 0.1) is 5.82 Å². The lowest BCUT2D eigenvalue weighted by molar-refractivity contribution is 0.275. The topological polar surface area (TPSA) is 92.4 Å². The van der Waals surface area contributed by atoms with Crippen LogP contribution < -0.4 is 10.5 Å². The minimum atomic E-state index is -3.83. The largest absolute Gasteiger partial charge is 0.398 e. The fraction of sp³-hybridized carbons (Fsp3) is 0.400. The number of halogens is 2. The van der Waals surface area contributed by atoms with Crippen molar-refractivity contribution in [2.75, 3.05) is 12.3 Å². The average molecular weight is 341 g/mol. The molecular weight excluding hydrogens is 327 g/mol. The predicted molar refractivity (Wildman–Crippen MR) is 70.0 cm³/mol. The summed E-state index contributed by atoms with van der Waals surface area (Å²) in [7, 11) is -3.83. The molecule has 0 radical (unpaired) electrons. The molecule has 4 N–H and O–H groups in total. The molecule has 0 aliphatic carbocycles. The number of aliphatic hydroxyl groups excluding tert-OH is 1. The molecule has 8 heteroatoms. The third-order valence-electron chi connectivity index (χ3n) is 2.26. The van der Waals surface area contributed by atoms with Gasteiger partial charge in [0.2, 0.25) is 10.0 Å². The number of hydrogen-bond acceptors (Lipinski definition) is 4. The maximum atomic E-state index is 13.2. The summed E-state index contributed by atoms with van der Waals surface area (Å²) in [4.78, 5) is -0.194. The highest BCUT2D eigenvalue weighted by Crippen LogP contribution is 2.26. The molecule has 0 spiro atoms. The highest BCUT2D eigenvalue weighted by Gasteiger charge is 2.21. The van der Waals surface area contributed by atoms with Gasteiger partial charge in [-0.2, -0.15) is 0 Å². The Labute approximate surface area is 113 Å². The lowest BCUT2D eigenvalue weighted by atomic mass is 10.3. The molecule has 0 amide bonds. The highest BCUT2D eigenvalue weighted by molar-refractivity contribution is 9.10. The number of benzene rings is 1. The quantitative estimate of drug-likeness (QED) is 0.702. The number of anilines is 1. The van der Waals surface area contributed by atoms with Crippen molar-refractivity contribution in [3.05, 3.63) is 22.4 Å². The fourth-order valence-corrected chi connectivity index (χ4v) is 3.27. The molecule has 102 valence electrons. The Morgan fingerprint density at radius 3 is 2.72 bits per heavy atom. The van der Waals surface area contributed by atoms with Gasteiger partial charge in [0.15, 0.2) is 0 Å². The van der Waals surface area contributed by atoms with Crippen molar-refractivity contribution >= 4 is 31.6 Å². The Morgan fingerprint density at radius 2 is 2.17 bits per heavy atom. The van der Waals surface area contributed by atoms with Crippen LogP contribution in [-0.4, -0.2) is 26.2 Å². The Hall–Kier alpha value is -0.700. The first-order chi connectivity index (χ1) is 8.27. The summed E-state index contributed by atoms with van der Waals surface area (Å²) in [5.74, 6) is -0.630. The van der Waals surface area contributed by atoms with Crippen molar-refractivity contribution in [1.82, 2.24) is 4.72 Å². The molecule has 0 saturated carbocycles. The van der Waals surface area contributed by atoms with Crippen LogP contribution in [0.2, 0.25) is 0 Å². The summed E-state index contributed by atoms with van der Waals surface area (Å²) in [5, 5.41) is 8.72. The average Bonchev–Trinajstić information content (AvgIpc) is 2.22. The van der Waals surface area contributed by atoms with Gasteiger partial charge in [-0.3, -0.25) is 0 Å². The molecule has 1 aromatic rings. The molecule has 0 fully saturated rings. The second-order valence-electron chi connectivity index (χ2n) is 3.84. The lowest BCUT2D eigenvalue weighted by Crippen LogP contribution is -2.33. The van der Waals surface area contributed by atoms with E-state index in [0.29, 0.717) is 0 Å². The molecule has 0 bridgehead atoms. The van der Waals surface area contributed by atoms with E-state index in [1.54, 1.807) is 6.92 Å². The number of nitrogens with two attached hydrogens (primary N) is 1. The van der Waals surface area contributed by atoms with Crippen molar-refractivity contribution in [2.45, 2.75) is 24.3 Å². The molecule has 0 aliphatic heterocycles. The molecule has 1 atom stereocenters. The number of nitrogen functional groups attached to an aromatic ring is 1. The van der Waals surface area contributed by atoms with E-state index in [2.05, 4.69) is 20.7 Å². The van der Waals surface area contributed by atoms with Gasteiger partial charge in [0, 0.05) is 12.6 Å². The van der Waals surface area contributed by atoms with Crippen LogP contribution in [0.15, 0.2) is 21.5 Å². The van der Waals surface area contributed by atoms with Gasteiger partial charge in [0.25, 0.3) is 0 Å². The number of sulfonamides is 1. The summed E-state index contributed by atoms with van der Waals surface area (Å²) in [6, 6.07) is 1.61. The molecule has 1 rings (SSSR count). The van der Waals surface area contributed by atoms with Crippen molar-refractivity contribution in [1.29, 1.82) is 0 Å². The van der Waals surface area contributed by atoms with Crippen molar-refractivity contribution < 1.29 is 17.9 Å². The number of aliphatic hydroxyl groups is 1. The van der Waals surface area contributed by atoms with Crippen LogP contribution in [-0.2, 0) is 10.0 Å². The lowest BCUT2D eigenvalue weighted by Gasteiger charge is -2.14. The standard InChI is InChI=1S/C10H14BrFN2O3S/c1-6(2-3-15)14-18(16,17)10-4-7(11)8(12)5-9(10)13/h4-6,14-15H,2-3,13H2,1H3. The van der Waals surface area contributed by atoms with Gasteiger partial charge in [0.1, 0.15) is 10.7 Å².